The van der Waals surface area contributed by atoms with Gasteiger partial charge in [-0.2, -0.15) is 5.01 Å². The molecular weight excluding hydrogens is 470 g/mol. The van der Waals surface area contributed by atoms with E-state index in [0.29, 0.717) is 10.9 Å². The number of rotatable bonds is 6. The molecule has 0 aliphatic carbocycles. The second kappa shape index (κ2) is 11.0. The molecule has 4 rings (SSSR count). The summed E-state index contributed by atoms with van der Waals surface area (Å²) in [5.41, 5.74) is 1.51. The van der Waals surface area contributed by atoms with E-state index in [1.54, 1.807) is 24.3 Å². The fraction of sp³-hybridized carbons (Fsp3) is 0.360. The fourth-order valence-corrected chi connectivity index (χ4v) is 5.41. The van der Waals surface area contributed by atoms with Crippen molar-refractivity contribution in [2.45, 2.75) is 51.1 Å². The standard InChI is InChI=1S/C25H27N3O6S/c1-16(29)27-22-21(35-25(27)26-28(17(2)30)20-12-8-5-9-13-20)15-33-24(23(22)34-18(3)31)32-14-19-10-6-4-7-11-19/h4-13,21-24H,14-15H2,1-3H3/b26-25-/t21-,22-,23+,24-/m0/s1. The Balaban J connectivity index is 1.64. The zero-order valence-electron chi connectivity index (χ0n) is 19.7. The van der Waals surface area contributed by atoms with Crippen molar-refractivity contribution in [3.8, 4) is 0 Å². The summed E-state index contributed by atoms with van der Waals surface area (Å²) in [5, 5.41) is 5.86. The van der Waals surface area contributed by atoms with Crippen molar-refractivity contribution in [3.05, 3.63) is 66.2 Å². The highest BCUT2D eigenvalue weighted by atomic mass is 32.2. The minimum absolute atomic E-state index is 0.251. The smallest absolute Gasteiger partial charge is 0.303 e. The number of para-hydroxylation sites is 1. The molecule has 2 aromatic carbocycles. The van der Waals surface area contributed by atoms with Crippen LogP contribution in [0.25, 0.3) is 0 Å². The number of benzene rings is 2. The van der Waals surface area contributed by atoms with Gasteiger partial charge in [0.1, 0.15) is 0 Å². The average Bonchev–Trinajstić information content (AvgIpc) is 3.21. The average molecular weight is 498 g/mol. The molecule has 2 aromatic rings. The molecule has 9 nitrogen and oxygen atoms in total. The number of amides is 2. The van der Waals surface area contributed by atoms with E-state index >= 15 is 0 Å². The number of ether oxygens (including phenoxy) is 3. The van der Waals surface area contributed by atoms with Crippen LogP contribution in [-0.2, 0) is 35.2 Å². The van der Waals surface area contributed by atoms with Crippen LogP contribution in [-0.4, -0.2) is 58.1 Å². The highest BCUT2D eigenvalue weighted by molar-refractivity contribution is 8.14. The number of anilines is 1. The third-order valence-electron chi connectivity index (χ3n) is 5.55. The lowest BCUT2D eigenvalue weighted by molar-refractivity contribution is -0.240. The molecule has 2 aliphatic heterocycles. The maximum Gasteiger partial charge on any atom is 0.303 e. The molecule has 10 heteroatoms. The SMILES string of the molecule is CC(=O)O[C@H]1[C@@H](OCc2ccccc2)OC[C@@H]2S/C(=N\N(C(C)=O)c3ccccc3)N(C(C)=O)[C@H]12. The van der Waals surface area contributed by atoms with Crippen LogP contribution in [0.1, 0.15) is 26.3 Å². The first-order chi connectivity index (χ1) is 16.8. The topological polar surface area (TPSA) is 97.7 Å². The van der Waals surface area contributed by atoms with E-state index in [1.807, 2.05) is 36.4 Å². The number of hydrogen-bond acceptors (Lipinski definition) is 8. The second-order valence-electron chi connectivity index (χ2n) is 8.16. The molecule has 35 heavy (non-hydrogen) atoms. The van der Waals surface area contributed by atoms with Crippen LogP contribution in [0.3, 0.4) is 0 Å². The van der Waals surface area contributed by atoms with Crippen molar-refractivity contribution in [2.24, 2.45) is 5.10 Å². The van der Waals surface area contributed by atoms with Gasteiger partial charge in [0, 0.05) is 20.8 Å². The zero-order valence-corrected chi connectivity index (χ0v) is 20.5. The summed E-state index contributed by atoms with van der Waals surface area (Å²) < 4.78 is 17.6. The molecular formula is C25H27N3O6S. The van der Waals surface area contributed by atoms with E-state index in [-0.39, 0.29) is 30.3 Å². The lowest BCUT2D eigenvalue weighted by atomic mass is 10.0. The van der Waals surface area contributed by atoms with Crippen molar-refractivity contribution in [2.75, 3.05) is 11.6 Å². The number of hydrazone groups is 1. The van der Waals surface area contributed by atoms with Gasteiger partial charge in [0.2, 0.25) is 11.8 Å². The lowest BCUT2D eigenvalue weighted by Crippen LogP contribution is -2.59. The van der Waals surface area contributed by atoms with Crippen LogP contribution in [0.2, 0.25) is 0 Å². The Hall–Kier alpha value is -3.21. The van der Waals surface area contributed by atoms with Gasteiger partial charge in [0.25, 0.3) is 0 Å². The number of esters is 1. The first-order valence-corrected chi connectivity index (χ1v) is 12.1. The lowest BCUT2D eigenvalue weighted by Gasteiger charge is -2.40. The summed E-state index contributed by atoms with van der Waals surface area (Å²) in [6, 6.07) is 17.9. The summed E-state index contributed by atoms with van der Waals surface area (Å²) >= 11 is 1.31. The summed E-state index contributed by atoms with van der Waals surface area (Å²) in [4.78, 5) is 38.7. The Labute approximate surface area is 208 Å². The van der Waals surface area contributed by atoms with Gasteiger partial charge in [-0.05, 0) is 17.7 Å². The minimum atomic E-state index is -0.875. The van der Waals surface area contributed by atoms with Gasteiger partial charge in [-0.15, -0.1) is 5.10 Å². The predicted octanol–water partition coefficient (Wildman–Crippen LogP) is 3.15. The van der Waals surface area contributed by atoms with Crippen molar-refractivity contribution in [1.29, 1.82) is 0 Å². The van der Waals surface area contributed by atoms with Gasteiger partial charge in [0.05, 0.1) is 30.2 Å². The molecule has 0 saturated carbocycles. The van der Waals surface area contributed by atoms with Gasteiger partial charge in [-0.1, -0.05) is 60.3 Å². The number of nitrogens with zero attached hydrogens (tertiary/aromatic N) is 3. The number of amidine groups is 1. The first-order valence-electron chi connectivity index (χ1n) is 11.2. The van der Waals surface area contributed by atoms with Gasteiger partial charge >= 0.3 is 5.97 Å². The Morgan fingerprint density at radius 2 is 1.71 bits per heavy atom. The quantitative estimate of drug-likeness (QED) is 0.447. The molecule has 4 atom stereocenters. The van der Waals surface area contributed by atoms with Gasteiger partial charge in [-0.3, -0.25) is 19.3 Å². The third-order valence-corrected chi connectivity index (χ3v) is 6.76. The predicted molar refractivity (Wildman–Crippen MR) is 131 cm³/mol. The van der Waals surface area contributed by atoms with Crippen LogP contribution < -0.4 is 5.01 Å². The molecule has 0 unspecified atom stereocenters. The Kier molecular flexibility index (Phi) is 7.84. The molecule has 2 saturated heterocycles. The number of carbonyl (C=O) groups excluding carboxylic acids is 3. The third kappa shape index (κ3) is 5.72. The Morgan fingerprint density at radius 3 is 2.31 bits per heavy atom. The zero-order chi connectivity index (χ0) is 24.9. The molecule has 184 valence electrons. The molecule has 2 fully saturated rings. The Morgan fingerprint density at radius 1 is 1.06 bits per heavy atom. The van der Waals surface area contributed by atoms with Crippen LogP contribution in [0.4, 0.5) is 5.69 Å². The number of thioether (sulfide) groups is 1. The summed E-state index contributed by atoms with van der Waals surface area (Å²) in [6.07, 6.45) is -1.75. The summed E-state index contributed by atoms with van der Waals surface area (Å²) in [7, 11) is 0. The van der Waals surface area contributed by atoms with Gasteiger partial charge < -0.3 is 14.2 Å². The van der Waals surface area contributed by atoms with E-state index in [1.165, 1.54) is 42.4 Å². The van der Waals surface area contributed by atoms with E-state index in [9.17, 15) is 14.4 Å². The normalized spacial score (nSPS) is 24.7. The number of fused-ring (bicyclic) bond motifs is 1. The molecule has 0 aromatic heterocycles. The monoisotopic (exact) mass is 497 g/mol. The molecule has 2 aliphatic rings. The van der Waals surface area contributed by atoms with Crippen LogP contribution in [0.5, 0.6) is 0 Å². The minimum Gasteiger partial charge on any atom is -0.455 e. The molecule has 0 N–H and O–H groups in total. The first kappa shape index (κ1) is 24.9. The van der Waals surface area contributed by atoms with Crippen LogP contribution >= 0.6 is 11.8 Å². The van der Waals surface area contributed by atoms with E-state index < -0.39 is 24.4 Å². The van der Waals surface area contributed by atoms with E-state index in [0.717, 1.165) is 5.56 Å². The van der Waals surface area contributed by atoms with Crippen molar-refractivity contribution in [3.63, 3.8) is 0 Å². The molecule has 0 radical (unpaired) electrons. The van der Waals surface area contributed by atoms with Crippen LogP contribution in [0.15, 0.2) is 65.8 Å². The molecule has 0 spiro atoms. The Bertz CT molecular complexity index is 1100. The number of carbonyl (C=O) groups is 3. The second-order valence-corrected chi connectivity index (χ2v) is 9.36. The molecule has 2 heterocycles. The van der Waals surface area contributed by atoms with Crippen molar-refractivity contribution >= 4 is 40.4 Å². The van der Waals surface area contributed by atoms with E-state index in [4.69, 9.17) is 14.2 Å². The summed E-state index contributed by atoms with van der Waals surface area (Å²) in [6.45, 7) is 4.63. The largest absolute Gasteiger partial charge is 0.455 e. The number of hydrogen-bond donors (Lipinski definition) is 0. The summed E-state index contributed by atoms with van der Waals surface area (Å²) in [5.74, 6) is -1.11. The highest BCUT2D eigenvalue weighted by Gasteiger charge is 2.54. The van der Waals surface area contributed by atoms with Crippen LogP contribution in [0, 0.1) is 0 Å². The van der Waals surface area contributed by atoms with Gasteiger partial charge in [0.15, 0.2) is 17.6 Å². The molecule has 0 bridgehead atoms. The van der Waals surface area contributed by atoms with Gasteiger partial charge in [-0.25, -0.2) is 0 Å². The highest BCUT2D eigenvalue weighted by Crippen LogP contribution is 2.40. The van der Waals surface area contributed by atoms with E-state index in [2.05, 4.69) is 5.10 Å². The van der Waals surface area contributed by atoms with Crippen molar-refractivity contribution in [1.82, 2.24) is 4.90 Å². The maximum atomic E-state index is 12.8. The molecule has 2 amide bonds. The maximum absolute atomic E-state index is 12.8. The fourth-order valence-electron chi connectivity index (χ4n) is 4.09. The van der Waals surface area contributed by atoms with Crippen molar-refractivity contribution < 1.29 is 28.6 Å².